The van der Waals surface area contributed by atoms with E-state index in [2.05, 4.69) is 60.7 Å². The molecule has 0 saturated heterocycles. The molecular formula is C22H26N2O. The number of ether oxygens (including phenoxy) is 1. The van der Waals surface area contributed by atoms with E-state index >= 15 is 0 Å². The van der Waals surface area contributed by atoms with Crippen molar-refractivity contribution in [3.05, 3.63) is 59.2 Å². The molecule has 0 unspecified atom stereocenters. The minimum atomic E-state index is -0.117. The second-order valence-electron chi connectivity index (χ2n) is 7.05. The predicted octanol–water partition coefficient (Wildman–Crippen LogP) is 4.38. The second kappa shape index (κ2) is 7.90. The lowest BCUT2D eigenvalue weighted by Crippen LogP contribution is -2.11. The van der Waals surface area contributed by atoms with Gasteiger partial charge in [0.15, 0.2) is 0 Å². The molecular weight excluding hydrogens is 308 g/mol. The number of anilines is 1. The zero-order valence-corrected chi connectivity index (χ0v) is 15.9. The number of nitrogens with zero attached hydrogens (tertiary/aromatic N) is 2. The monoisotopic (exact) mass is 334 g/mol. The van der Waals surface area contributed by atoms with Gasteiger partial charge in [0.25, 0.3) is 0 Å². The molecule has 2 rings (SSSR count). The van der Waals surface area contributed by atoms with Gasteiger partial charge >= 0.3 is 0 Å². The first-order valence-corrected chi connectivity index (χ1v) is 8.32. The summed E-state index contributed by atoms with van der Waals surface area (Å²) in [5.41, 5.74) is 3.83. The first kappa shape index (κ1) is 18.6. The van der Waals surface area contributed by atoms with Crippen LogP contribution in [0, 0.1) is 11.8 Å². The molecule has 0 aliphatic rings. The van der Waals surface area contributed by atoms with Crippen molar-refractivity contribution >= 4 is 11.9 Å². The van der Waals surface area contributed by atoms with E-state index in [9.17, 15) is 0 Å². The highest BCUT2D eigenvalue weighted by Gasteiger charge is 2.07. The molecule has 3 nitrogen and oxygen atoms in total. The van der Waals surface area contributed by atoms with Crippen molar-refractivity contribution < 1.29 is 4.74 Å². The van der Waals surface area contributed by atoms with Crippen LogP contribution in [-0.2, 0) is 0 Å². The third-order valence-electron chi connectivity index (χ3n) is 3.58. The van der Waals surface area contributed by atoms with E-state index < -0.39 is 0 Å². The fourth-order valence-electron chi connectivity index (χ4n) is 2.19. The lowest BCUT2D eigenvalue weighted by atomic mass is 10.1. The molecule has 2 aromatic carbocycles. The summed E-state index contributed by atoms with van der Waals surface area (Å²) in [6.07, 6.45) is 1.91. The van der Waals surface area contributed by atoms with E-state index in [-0.39, 0.29) is 5.54 Å². The molecule has 0 aliphatic heterocycles. The summed E-state index contributed by atoms with van der Waals surface area (Å²) in [5.74, 6) is 7.30. The second-order valence-corrected chi connectivity index (χ2v) is 7.05. The molecule has 0 heterocycles. The van der Waals surface area contributed by atoms with E-state index in [0.29, 0.717) is 0 Å². The smallest absolute Gasteiger partial charge is 0.134 e. The van der Waals surface area contributed by atoms with Gasteiger partial charge in [0.05, 0.1) is 18.2 Å². The van der Waals surface area contributed by atoms with Gasteiger partial charge in [-0.2, -0.15) is 0 Å². The predicted molar refractivity (Wildman–Crippen MR) is 107 cm³/mol. The van der Waals surface area contributed by atoms with E-state index in [0.717, 1.165) is 28.1 Å². The maximum absolute atomic E-state index is 5.38. The Balaban J connectivity index is 2.49. The molecule has 0 saturated carbocycles. The zero-order valence-electron chi connectivity index (χ0n) is 15.9. The molecule has 0 bridgehead atoms. The van der Waals surface area contributed by atoms with E-state index in [4.69, 9.17) is 4.74 Å². The van der Waals surface area contributed by atoms with E-state index in [1.165, 1.54) is 0 Å². The van der Waals surface area contributed by atoms with Crippen LogP contribution in [0.2, 0.25) is 0 Å². The van der Waals surface area contributed by atoms with Gasteiger partial charge in [-0.3, -0.25) is 4.99 Å². The van der Waals surface area contributed by atoms with Gasteiger partial charge in [-0.1, -0.05) is 30.0 Å². The number of aliphatic imine (C=N–C) groups is 1. The number of rotatable bonds is 3. The first-order chi connectivity index (χ1) is 11.8. The summed E-state index contributed by atoms with van der Waals surface area (Å²) in [4.78, 5) is 6.69. The van der Waals surface area contributed by atoms with Gasteiger partial charge in [-0.05, 0) is 45.0 Å². The summed E-state index contributed by atoms with van der Waals surface area (Å²) in [5, 5.41) is 0. The molecule has 2 aromatic rings. The summed E-state index contributed by atoms with van der Waals surface area (Å²) in [6.45, 7) is 6.24. The molecule has 3 heteroatoms. The van der Waals surface area contributed by atoms with Crippen molar-refractivity contribution in [2.45, 2.75) is 26.3 Å². The maximum Gasteiger partial charge on any atom is 0.134 e. The average molecular weight is 334 g/mol. The highest BCUT2D eigenvalue weighted by Crippen LogP contribution is 2.19. The van der Waals surface area contributed by atoms with Crippen LogP contribution >= 0.6 is 0 Å². The molecule has 130 valence electrons. The Morgan fingerprint density at radius 2 is 1.68 bits per heavy atom. The summed E-state index contributed by atoms with van der Waals surface area (Å²) in [6, 6.07) is 14.0. The van der Waals surface area contributed by atoms with Crippen LogP contribution in [0.1, 0.15) is 37.5 Å². The molecule has 0 fully saturated rings. The lowest BCUT2D eigenvalue weighted by Gasteiger charge is -2.14. The highest BCUT2D eigenvalue weighted by atomic mass is 16.5. The van der Waals surface area contributed by atoms with Gasteiger partial charge in [-0.15, -0.1) is 0 Å². The van der Waals surface area contributed by atoms with Crippen molar-refractivity contribution in [1.29, 1.82) is 0 Å². The molecule has 0 aliphatic carbocycles. The van der Waals surface area contributed by atoms with Crippen molar-refractivity contribution in [3.63, 3.8) is 0 Å². The van der Waals surface area contributed by atoms with Gasteiger partial charge in [-0.25, -0.2) is 0 Å². The molecule has 0 spiro atoms. The van der Waals surface area contributed by atoms with Crippen molar-refractivity contribution in [2.75, 3.05) is 26.1 Å². The van der Waals surface area contributed by atoms with Crippen LogP contribution in [0.25, 0.3) is 0 Å². The zero-order chi connectivity index (χ0) is 18.4. The van der Waals surface area contributed by atoms with Crippen molar-refractivity contribution in [1.82, 2.24) is 0 Å². The van der Waals surface area contributed by atoms with Crippen LogP contribution in [-0.4, -0.2) is 33.0 Å². The molecule has 0 N–H and O–H groups in total. The Kier molecular flexibility index (Phi) is 5.88. The minimum Gasteiger partial charge on any atom is -0.495 e. The average Bonchev–Trinajstić information content (AvgIpc) is 2.57. The minimum absolute atomic E-state index is 0.117. The first-order valence-electron chi connectivity index (χ1n) is 8.32. The van der Waals surface area contributed by atoms with Gasteiger partial charge in [0.1, 0.15) is 5.75 Å². The van der Waals surface area contributed by atoms with Crippen molar-refractivity contribution in [2.24, 2.45) is 4.99 Å². The molecule has 0 amide bonds. The summed E-state index contributed by atoms with van der Waals surface area (Å²) < 4.78 is 5.38. The van der Waals surface area contributed by atoms with Crippen LogP contribution in [0.4, 0.5) is 5.69 Å². The Morgan fingerprint density at radius 1 is 1.00 bits per heavy atom. The topological polar surface area (TPSA) is 24.8 Å². The summed E-state index contributed by atoms with van der Waals surface area (Å²) >= 11 is 0. The standard InChI is InChI=1S/C22H26N2O/c1-22(2,3)23-16-19-13-14-20(24(4)5)15-18(19)12-11-17-9-7-8-10-21(17)25-6/h7-10,13-16H,1-6H3. The van der Waals surface area contributed by atoms with Gasteiger partial charge in [0.2, 0.25) is 0 Å². The molecule has 25 heavy (non-hydrogen) atoms. The SMILES string of the molecule is COc1ccccc1C#Cc1cc(N(C)C)ccc1C=NC(C)(C)C. The summed E-state index contributed by atoms with van der Waals surface area (Å²) in [7, 11) is 5.71. The largest absolute Gasteiger partial charge is 0.495 e. The van der Waals surface area contributed by atoms with Gasteiger partial charge in [0, 0.05) is 37.1 Å². The Morgan fingerprint density at radius 3 is 2.32 bits per heavy atom. The third-order valence-corrected chi connectivity index (χ3v) is 3.58. The van der Waals surface area contributed by atoms with E-state index in [1.54, 1.807) is 7.11 Å². The normalized spacial score (nSPS) is 11.1. The van der Waals surface area contributed by atoms with E-state index in [1.807, 2.05) is 44.6 Å². The quantitative estimate of drug-likeness (QED) is 0.615. The third kappa shape index (κ3) is 5.39. The van der Waals surface area contributed by atoms with Crippen LogP contribution in [0.3, 0.4) is 0 Å². The van der Waals surface area contributed by atoms with Crippen LogP contribution < -0.4 is 9.64 Å². The Labute approximate surface area is 151 Å². The Bertz CT molecular complexity index is 818. The van der Waals surface area contributed by atoms with Crippen LogP contribution in [0.15, 0.2) is 47.5 Å². The molecule has 0 radical (unpaired) electrons. The number of methoxy groups -OCH3 is 1. The Hall–Kier alpha value is -2.73. The molecule has 0 aromatic heterocycles. The number of benzene rings is 2. The van der Waals surface area contributed by atoms with Gasteiger partial charge < -0.3 is 9.64 Å². The number of para-hydroxylation sites is 1. The van der Waals surface area contributed by atoms with Crippen LogP contribution in [0.5, 0.6) is 5.75 Å². The molecule has 0 atom stereocenters. The maximum atomic E-state index is 5.38. The highest BCUT2D eigenvalue weighted by molar-refractivity contribution is 5.85. The fraction of sp³-hybridized carbons (Fsp3) is 0.318. The number of hydrogen-bond donors (Lipinski definition) is 0. The number of hydrogen-bond acceptors (Lipinski definition) is 3. The fourth-order valence-corrected chi connectivity index (χ4v) is 2.19. The van der Waals surface area contributed by atoms with Crippen molar-refractivity contribution in [3.8, 4) is 17.6 Å². The lowest BCUT2D eigenvalue weighted by molar-refractivity contribution is 0.413.